The highest BCUT2D eigenvalue weighted by molar-refractivity contribution is 5.90. The number of nitrogens with zero attached hydrogens (tertiary/aromatic N) is 1. The summed E-state index contributed by atoms with van der Waals surface area (Å²) in [7, 11) is 0. The Balaban J connectivity index is 0.00000144. The largest absolute Gasteiger partial charge is 0.363 e. The Morgan fingerprint density at radius 2 is 2.21 bits per heavy atom. The molecule has 1 aromatic heterocycles. The van der Waals surface area contributed by atoms with Crippen LogP contribution in [0.15, 0.2) is 24.4 Å². The smallest absolute Gasteiger partial charge is 0.267 e. The quantitative estimate of drug-likeness (QED) is 0.349. The molecule has 1 saturated heterocycles. The second-order valence-corrected chi connectivity index (χ2v) is 6.27. The van der Waals surface area contributed by atoms with Crippen LogP contribution in [0.2, 0.25) is 0 Å². The van der Waals surface area contributed by atoms with Gasteiger partial charge >= 0.3 is 0 Å². The highest BCUT2D eigenvalue weighted by Gasteiger charge is 2.39. The van der Waals surface area contributed by atoms with Crippen LogP contribution in [-0.2, 0) is 4.79 Å². The topological polar surface area (TPSA) is 86.3 Å². The van der Waals surface area contributed by atoms with Crippen LogP contribution in [0.25, 0.3) is 6.08 Å². The number of rotatable bonds is 6. The Kier molecular flexibility index (Phi) is 7.96. The predicted octanol–water partition coefficient (Wildman–Crippen LogP) is 2.39. The molecular formula is C16H24Cl2N4O2. The summed E-state index contributed by atoms with van der Waals surface area (Å²) in [6.07, 6.45) is 9.64. The highest BCUT2D eigenvalue weighted by atomic mass is 35.5. The van der Waals surface area contributed by atoms with Crippen LogP contribution in [-0.4, -0.2) is 34.7 Å². The van der Waals surface area contributed by atoms with Gasteiger partial charge in [-0.1, -0.05) is 12.8 Å². The maximum absolute atomic E-state index is 10.9. The van der Waals surface area contributed by atoms with Crippen molar-refractivity contribution in [3.8, 4) is 0 Å². The first-order valence-corrected chi connectivity index (χ1v) is 7.76. The summed E-state index contributed by atoms with van der Waals surface area (Å²) in [6, 6.07) is 3.84. The van der Waals surface area contributed by atoms with Crippen molar-refractivity contribution >= 4 is 42.6 Å². The van der Waals surface area contributed by atoms with E-state index in [0.717, 1.165) is 36.8 Å². The van der Waals surface area contributed by atoms with Crippen molar-refractivity contribution in [3.63, 3.8) is 0 Å². The number of halogens is 2. The molecule has 24 heavy (non-hydrogen) atoms. The van der Waals surface area contributed by atoms with Crippen LogP contribution < -0.4 is 16.1 Å². The molecule has 0 radical (unpaired) electrons. The number of aromatic nitrogens is 1. The van der Waals surface area contributed by atoms with Gasteiger partial charge in [-0.05, 0) is 49.1 Å². The van der Waals surface area contributed by atoms with Crippen LogP contribution in [0.5, 0.6) is 0 Å². The summed E-state index contributed by atoms with van der Waals surface area (Å²) >= 11 is 0. The molecule has 2 fully saturated rings. The zero-order chi connectivity index (χ0) is 15.4. The van der Waals surface area contributed by atoms with Gasteiger partial charge in [0, 0.05) is 18.8 Å². The summed E-state index contributed by atoms with van der Waals surface area (Å²) in [6.45, 7) is 2.04. The Morgan fingerprint density at radius 1 is 1.42 bits per heavy atom. The average Bonchev–Trinajstić information content (AvgIpc) is 3.23. The Labute approximate surface area is 154 Å². The molecule has 3 rings (SSSR count). The van der Waals surface area contributed by atoms with E-state index in [-0.39, 0.29) is 30.4 Å². The van der Waals surface area contributed by atoms with Gasteiger partial charge in [0.25, 0.3) is 5.91 Å². The maximum atomic E-state index is 10.9. The minimum absolute atomic E-state index is 0. The first kappa shape index (κ1) is 20.7. The lowest BCUT2D eigenvalue weighted by Gasteiger charge is -2.30. The first-order chi connectivity index (χ1) is 10.7. The number of pyridine rings is 1. The molecule has 0 unspecified atom stereocenters. The molecule has 0 spiro atoms. The zero-order valence-electron chi connectivity index (χ0n) is 13.3. The van der Waals surface area contributed by atoms with E-state index in [9.17, 15) is 4.79 Å². The molecule has 1 atom stereocenters. The molecule has 1 saturated carbocycles. The number of carbonyl (C=O) groups excluding carboxylic acids is 1. The molecule has 4 N–H and O–H groups in total. The normalized spacial score (nSPS) is 22.5. The van der Waals surface area contributed by atoms with Gasteiger partial charge in [0.1, 0.15) is 5.82 Å². The number of hydrogen-bond acceptors (Lipinski definition) is 5. The number of hydrogen-bond donors (Lipinski definition) is 4. The fourth-order valence-electron chi connectivity index (χ4n) is 3.01. The third-order valence-electron chi connectivity index (χ3n) is 4.34. The van der Waals surface area contributed by atoms with Gasteiger partial charge < -0.3 is 10.6 Å². The van der Waals surface area contributed by atoms with Gasteiger partial charge in [0.05, 0.1) is 5.54 Å². The third-order valence-corrected chi connectivity index (χ3v) is 4.34. The second kappa shape index (κ2) is 9.22. The molecule has 1 aromatic rings. The Hall–Kier alpha value is -1.34. The van der Waals surface area contributed by atoms with Gasteiger partial charge in [0.15, 0.2) is 0 Å². The van der Waals surface area contributed by atoms with Crippen molar-refractivity contribution in [2.45, 2.75) is 31.2 Å². The Morgan fingerprint density at radius 3 is 2.75 bits per heavy atom. The minimum Gasteiger partial charge on any atom is -0.363 e. The van der Waals surface area contributed by atoms with Crippen molar-refractivity contribution in [1.29, 1.82) is 0 Å². The number of anilines is 1. The fraction of sp³-hybridized carbons (Fsp3) is 0.500. The minimum atomic E-state index is -0.553. The molecule has 134 valence electrons. The monoisotopic (exact) mass is 374 g/mol. The van der Waals surface area contributed by atoms with Crippen molar-refractivity contribution in [2.75, 3.05) is 18.4 Å². The molecule has 1 aliphatic heterocycles. The van der Waals surface area contributed by atoms with E-state index in [1.54, 1.807) is 17.8 Å². The van der Waals surface area contributed by atoms with E-state index >= 15 is 0 Å². The van der Waals surface area contributed by atoms with Crippen LogP contribution in [0, 0.1) is 5.92 Å². The van der Waals surface area contributed by atoms with E-state index < -0.39 is 5.91 Å². The summed E-state index contributed by atoms with van der Waals surface area (Å²) in [5.41, 5.74) is 2.50. The summed E-state index contributed by atoms with van der Waals surface area (Å²) < 4.78 is 0. The Bertz CT molecular complexity index is 556. The summed E-state index contributed by atoms with van der Waals surface area (Å²) in [5, 5.41) is 15.5. The summed E-state index contributed by atoms with van der Waals surface area (Å²) in [5.74, 6) is 1.18. The summed E-state index contributed by atoms with van der Waals surface area (Å²) in [4.78, 5) is 15.4. The van der Waals surface area contributed by atoms with Gasteiger partial charge in [0.2, 0.25) is 0 Å². The lowest BCUT2D eigenvalue weighted by atomic mass is 9.91. The number of nitrogens with one attached hydrogen (secondary N) is 3. The molecule has 0 bridgehead atoms. The molecule has 1 amide bonds. The highest BCUT2D eigenvalue weighted by Crippen LogP contribution is 2.40. The molecule has 2 aliphatic rings. The molecule has 2 heterocycles. The van der Waals surface area contributed by atoms with Crippen molar-refractivity contribution in [3.05, 3.63) is 30.0 Å². The van der Waals surface area contributed by atoms with Crippen LogP contribution in [0.3, 0.4) is 0 Å². The first-order valence-electron chi connectivity index (χ1n) is 7.76. The molecule has 1 aliphatic carbocycles. The molecule has 6 nitrogen and oxygen atoms in total. The van der Waals surface area contributed by atoms with Crippen molar-refractivity contribution < 1.29 is 10.0 Å². The lowest BCUT2D eigenvalue weighted by Crippen LogP contribution is -2.41. The fourth-order valence-corrected chi connectivity index (χ4v) is 3.01. The van der Waals surface area contributed by atoms with E-state index in [1.807, 2.05) is 12.1 Å². The van der Waals surface area contributed by atoms with Crippen LogP contribution in [0.4, 0.5) is 5.82 Å². The van der Waals surface area contributed by atoms with E-state index in [2.05, 4.69) is 15.6 Å². The predicted molar refractivity (Wildman–Crippen MR) is 98.9 cm³/mol. The van der Waals surface area contributed by atoms with E-state index in [0.29, 0.717) is 0 Å². The number of carbonyl (C=O) groups is 1. The van der Waals surface area contributed by atoms with E-state index in [4.69, 9.17) is 5.21 Å². The molecule has 0 aromatic carbocycles. The van der Waals surface area contributed by atoms with Crippen LogP contribution in [0.1, 0.15) is 31.2 Å². The standard InChI is InChI=1S/C16H22N4O2.2ClH/c21-15(20-22)6-4-13-3-5-14(18-10-13)19-16(7-8-17-11-16)9-12-1-2-12;;/h3-6,10,12,17,22H,1-2,7-9,11H2,(H,18,19)(H,20,21);2*1H/b6-4+;;/t16-;;/m0../s1. The molecular weight excluding hydrogens is 351 g/mol. The van der Waals surface area contributed by atoms with Crippen molar-refractivity contribution in [1.82, 2.24) is 15.8 Å². The van der Waals surface area contributed by atoms with Gasteiger partial charge in [-0.3, -0.25) is 10.0 Å². The lowest BCUT2D eigenvalue weighted by molar-refractivity contribution is -0.124. The van der Waals surface area contributed by atoms with Crippen molar-refractivity contribution in [2.24, 2.45) is 5.92 Å². The average molecular weight is 375 g/mol. The zero-order valence-corrected chi connectivity index (χ0v) is 15.0. The van der Waals surface area contributed by atoms with Gasteiger partial charge in [-0.15, -0.1) is 24.8 Å². The number of amides is 1. The molecule has 8 heteroatoms. The third kappa shape index (κ3) is 5.63. The maximum Gasteiger partial charge on any atom is 0.267 e. The second-order valence-electron chi connectivity index (χ2n) is 6.27. The van der Waals surface area contributed by atoms with E-state index in [1.165, 1.54) is 25.3 Å². The SMILES string of the molecule is Cl.Cl.O=C(/C=C/c1ccc(N[C@]2(CC3CC3)CCNC2)nc1)NO. The van der Waals surface area contributed by atoms with Crippen LogP contribution >= 0.6 is 24.8 Å². The number of hydroxylamine groups is 1. The van der Waals surface area contributed by atoms with Gasteiger partial charge in [-0.25, -0.2) is 10.5 Å². The van der Waals surface area contributed by atoms with Gasteiger partial charge in [-0.2, -0.15) is 0 Å².